The van der Waals surface area contributed by atoms with Crippen molar-refractivity contribution in [3.63, 3.8) is 0 Å². The SMILES string of the molecule is Cc1ccc(S(=O)(=O)Nc2cccc(F)c2)s1. The van der Waals surface area contributed by atoms with Gasteiger partial charge in [0, 0.05) is 4.88 Å². The molecule has 1 heterocycles. The number of anilines is 1. The summed E-state index contributed by atoms with van der Waals surface area (Å²) >= 11 is 1.17. The van der Waals surface area contributed by atoms with Gasteiger partial charge in [0.15, 0.2) is 0 Å². The largest absolute Gasteiger partial charge is 0.279 e. The molecule has 2 rings (SSSR count). The molecule has 0 spiro atoms. The van der Waals surface area contributed by atoms with E-state index < -0.39 is 15.8 Å². The summed E-state index contributed by atoms with van der Waals surface area (Å²) in [6.07, 6.45) is 0. The lowest BCUT2D eigenvalue weighted by Crippen LogP contribution is -2.11. The number of halogens is 1. The molecule has 0 aliphatic rings. The highest BCUT2D eigenvalue weighted by Crippen LogP contribution is 2.23. The van der Waals surface area contributed by atoms with E-state index in [9.17, 15) is 12.8 Å². The molecule has 6 heteroatoms. The summed E-state index contributed by atoms with van der Waals surface area (Å²) in [4.78, 5) is 0.907. The van der Waals surface area contributed by atoms with Crippen LogP contribution in [0, 0.1) is 12.7 Å². The predicted octanol–water partition coefficient (Wildman–Crippen LogP) is 3.00. The molecule has 0 aliphatic carbocycles. The quantitative estimate of drug-likeness (QED) is 0.932. The van der Waals surface area contributed by atoms with E-state index in [-0.39, 0.29) is 9.90 Å². The Morgan fingerprint density at radius 2 is 2.00 bits per heavy atom. The zero-order valence-corrected chi connectivity index (χ0v) is 10.6. The average molecular weight is 271 g/mol. The van der Waals surface area contributed by atoms with Gasteiger partial charge in [0.1, 0.15) is 10.0 Å². The van der Waals surface area contributed by atoms with E-state index in [4.69, 9.17) is 0 Å². The van der Waals surface area contributed by atoms with Crippen molar-refractivity contribution >= 4 is 27.0 Å². The highest BCUT2D eigenvalue weighted by molar-refractivity contribution is 7.94. The van der Waals surface area contributed by atoms with Crippen LogP contribution in [0.2, 0.25) is 0 Å². The first-order valence-corrected chi connectivity index (χ1v) is 7.12. The van der Waals surface area contributed by atoms with E-state index in [1.54, 1.807) is 6.07 Å². The normalized spacial score (nSPS) is 11.4. The van der Waals surface area contributed by atoms with E-state index in [2.05, 4.69) is 4.72 Å². The molecule has 17 heavy (non-hydrogen) atoms. The van der Waals surface area contributed by atoms with Crippen molar-refractivity contribution in [1.82, 2.24) is 0 Å². The number of sulfonamides is 1. The molecule has 1 N–H and O–H groups in total. The van der Waals surface area contributed by atoms with Crippen molar-refractivity contribution in [3.8, 4) is 0 Å². The predicted molar refractivity (Wildman–Crippen MR) is 66.3 cm³/mol. The lowest BCUT2D eigenvalue weighted by atomic mass is 10.3. The van der Waals surface area contributed by atoms with Gasteiger partial charge in [-0.2, -0.15) is 0 Å². The zero-order chi connectivity index (χ0) is 12.5. The van der Waals surface area contributed by atoms with Gasteiger partial charge >= 0.3 is 0 Å². The van der Waals surface area contributed by atoms with Crippen molar-refractivity contribution in [3.05, 3.63) is 47.1 Å². The van der Waals surface area contributed by atoms with Crippen LogP contribution in [0.25, 0.3) is 0 Å². The third-order valence-electron chi connectivity index (χ3n) is 2.06. The minimum absolute atomic E-state index is 0.219. The van der Waals surface area contributed by atoms with Crippen molar-refractivity contribution in [2.75, 3.05) is 4.72 Å². The Kier molecular flexibility index (Phi) is 3.17. The lowest BCUT2D eigenvalue weighted by Gasteiger charge is -2.05. The summed E-state index contributed by atoms with van der Waals surface area (Å²) in [5, 5.41) is 0. The Morgan fingerprint density at radius 3 is 2.59 bits per heavy atom. The second kappa shape index (κ2) is 4.46. The van der Waals surface area contributed by atoms with Crippen LogP contribution in [0.4, 0.5) is 10.1 Å². The van der Waals surface area contributed by atoms with Crippen molar-refractivity contribution < 1.29 is 12.8 Å². The summed E-state index contributed by atoms with van der Waals surface area (Å²) in [6.45, 7) is 1.83. The van der Waals surface area contributed by atoms with Gasteiger partial charge in [-0.15, -0.1) is 11.3 Å². The van der Waals surface area contributed by atoms with E-state index in [1.165, 1.54) is 35.6 Å². The van der Waals surface area contributed by atoms with Crippen LogP contribution >= 0.6 is 11.3 Å². The standard InChI is InChI=1S/C11H10FNO2S2/c1-8-5-6-11(16-8)17(14,15)13-10-4-2-3-9(12)7-10/h2-7,13H,1H3. The number of hydrogen-bond acceptors (Lipinski definition) is 3. The monoisotopic (exact) mass is 271 g/mol. The highest BCUT2D eigenvalue weighted by atomic mass is 32.2. The first kappa shape index (κ1) is 12.1. The van der Waals surface area contributed by atoms with Crippen LogP contribution in [0.15, 0.2) is 40.6 Å². The molecule has 3 nitrogen and oxygen atoms in total. The molecule has 90 valence electrons. The van der Waals surface area contributed by atoms with Gasteiger partial charge < -0.3 is 0 Å². The first-order chi connectivity index (χ1) is 7.97. The maximum atomic E-state index is 12.9. The summed E-state index contributed by atoms with van der Waals surface area (Å²) in [5.41, 5.74) is 0.219. The Balaban J connectivity index is 2.29. The minimum Gasteiger partial charge on any atom is -0.279 e. The summed E-state index contributed by atoms with van der Waals surface area (Å²) < 4.78 is 39.3. The maximum absolute atomic E-state index is 12.9. The number of benzene rings is 1. The first-order valence-electron chi connectivity index (χ1n) is 4.82. The summed E-state index contributed by atoms with van der Waals surface area (Å²) in [6, 6.07) is 8.60. The van der Waals surface area contributed by atoms with E-state index >= 15 is 0 Å². The van der Waals surface area contributed by atoms with Crippen LogP contribution in [-0.2, 0) is 10.0 Å². The molecule has 2 aromatic rings. The molecule has 1 aromatic carbocycles. The number of hydrogen-bond donors (Lipinski definition) is 1. The fourth-order valence-corrected chi connectivity index (χ4v) is 3.65. The third kappa shape index (κ3) is 2.83. The Hall–Kier alpha value is -1.40. The van der Waals surface area contributed by atoms with Crippen LogP contribution in [-0.4, -0.2) is 8.42 Å². The van der Waals surface area contributed by atoms with Gasteiger partial charge in [-0.3, -0.25) is 4.72 Å². The van der Waals surface area contributed by atoms with Crippen LogP contribution in [0.5, 0.6) is 0 Å². The molecule has 0 amide bonds. The smallest absolute Gasteiger partial charge is 0.271 e. The molecule has 0 bridgehead atoms. The zero-order valence-electron chi connectivity index (χ0n) is 8.98. The highest BCUT2D eigenvalue weighted by Gasteiger charge is 2.16. The van der Waals surface area contributed by atoms with Crippen molar-refractivity contribution in [2.24, 2.45) is 0 Å². The van der Waals surface area contributed by atoms with Crippen molar-refractivity contribution in [2.45, 2.75) is 11.1 Å². The molecular weight excluding hydrogens is 261 g/mol. The molecule has 0 saturated carbocycles. The lowest BCUT2D eigenvalue weighted by molar-refractivity contribution is 0.603. The molecule has 0 atom stereocenters. The molecular formula is C11H10FNO2S2. The van der Waals surface area contributed by atoms with Gasteiger partial charge in [-0.1, -0.05) is 6.07 Å². The maximum Gasteiger partial charge on any atom is 0.271 e. The van der Waals surface area contributed by atoms with Crippen LogP contribution in [0.3, 0.4) is 0 Å². The Morgan fingerprint density at radius 1 is 1.24 bits per heavy atom. The Bertz CT molecular complexity index is 634. The molecule has 0 fully saturated rings. The van der Waals surface area contributed by atoms with Gasteiger partial charge in [0.25, 0.3) is 10.0 Å². The van der Waals surface area contributed by atoms with Crippen LogP contribution < -0.4 is 4.72 Å². The van der Waals surface area contributed by atoms with Gasteiger partial charge in [-0.05, 0) is 37.3 Å². The fraction of sp³-hybridized carbons (Fsp3) is 0.0909. The minimum atomic E-state index is -3.61. The summed E-state index contributed by atoms with van der Waals surface area (Å²) in [5.74, 6) is -0.479. The second-order valence-electron chi connectivity index (χ2n) is 3.48. The number of nitrogens with one attached hydrogen (secondary N) is 1. The van der Waals surface area contributed by atoms with E-state index in [0.717, 1.165) is 10.9 Å². The van der Waals surface area contributed by atoms with E-state index in [0.29, 0.717) is 0 Å². The topological polar surface area (TPSA) is 46.2 Å². The van der Waals surface area contributed by atoms with E-state index in [1.807, 2.05) is 6.92 Å². The molecule has 0 aliphatic heterocycles. The fourth-order valence-electron chi connectivity index (χ4n) is 1.31. The molecule has 0 radical (unpaired) electrons. The molecule has 0 unspecified atom stereocenters. The Labute approximate surface area is 103 Å². The number of aryl methyl sites for hydroxylation is 1. The van der Waals surface area contributed by atoms with Gasteiger partial charge in [-0.25, -0.2) is 12.8 Å². The average Bonchev–Trinajstić information content (AvgIpc) is 2.65. The van der Waals surface area contributed by atoms with Gasteiger partial charge in [0.2, 0.25) is 0 Å². The van der Waals surface area contributed by atoms with Crippen molar-refractivity contribution in [1.29, 1.82) is 0 Å². The number of rotatable bonds is 3. The number of thiophene rings is 1. The molecule has 0 saturated heterocycles. The summed E-state index contributed by atoms with van der Waals surface area (Å²) in [7, 11) is -3.61. The second-order valence-corrected chi connectivity index (χ2v) is 6.68. The van der Waals surface area contributed by atoms with Gasteiger partial charge in [0.05, 0.1) is 5.69 Å². The third-order valence-corrected chi connectivity index (χ3v) is 4.93. The molecule has 1 aromatic heterocycles. The van der Waals surface area contributed by atoms with Crippen LogP contribution in [0.1, 0.15) is 4.88 Å².